The molecular weight excluding hydrogens is 236 g/mol. The Morgan fingerprint density at radius 3 is 2.07 bits per heavy atom. The van der Waals surface area contributed by atoms with Crippen LogP contribution in [0.5, 0.6) is 0 Å². The molecule has 0 aromatic heterocycles. The summed E-state index contributed by atoms with van der Waals surface area (Å²) in [6.45, 7) is 0. The molecule has 0 spiro atoms. The Morgan fingerprint density at radius 2 is 1.50 bits per heavy atom. The van der Waals surface area contributed by atoms with Gasteiger partial charge in [-0.1, -0.05) is 65.5 Å². The molecule has 0 bridgehead atoms. The fourth-order valence-corrected chi connectivity index (χ4v) is 2.16. The molecule has 0 N–H and O–H groups in total. The van der Waals surface area contributed by atoms with E-state index in [-0.39, 0.29) is 0 Å². The summed E-state index contributed by atoms with van der Waals surface area (Å²) in [5, 5.41) is 0. The zero-order valence-corrected chi connectivity index (χ0v) is 10.5. The third-order valence-corrected chi connectivity index (χ3v) is 2.88. The molecule has 1 aromatic carbocycles. The summed E-state index contributed by atoms with van der Waals surface area (Å²) in [5.41, 5.74) is 1.55. The first-order valence-corrected chi connectivity index (χ1v) is 6.98. The lowest BCUT2D eigenvalue weighted by Gasteiger charge is -2.21. The Labute approximate surface area is 95.9 Å². The van der Waals surface area contributed by atoms with Crippen LogP contribution in [0, 0.1) is 0 Å². The number of hydrogen-bond donors (Lipinski definition) is 0. The number of hydrogen-bond acceptors (Lipinski definition) is 0. The minimum Gasteiger partial charge on any atom is -0.0966 e. The van der Waals surface area contributed by atoms with Gasteiger partial charge in [-0.3, -0.25) is 0 Å². The van der Waals surface area contributed by atoms with Crippen molar-refractivity contribution in [1.29, 1.82) is 0 Å². The molecule has 1 aliphatic rings. The van der Waals surface area contributed by atoms with Crippen molar-refractivity contribution in [2.75, 3.05) is 5.83 Å². The highest BCUT2D eigenvalue weighted by molar-refractivity contribution is 9.08. The molecule has 1 fully saturated rings. The van der Waals surface area contributed by atoms with Gasteiger partial charge in [0.2, 0.25) is 0 Å². The van der Waals surface area contributed by atoms with Crippen LogP contribution >= 0.6 is 15.9 Å². The largest absolute Gasteiger partial charge is 0.0966 e. The first-order chi connectivity index (χ1) is 6.97. The van der Waals surface area contributed by atoms with Crippen molar-refractivity contribution in [2.45, 2.75) is 38.0 Å². The number of alkyl halides is 1. The van der Waals surface area contributed by atoms with E-state index >= 15 is 0 Å². The lowest BCUT2D eigenvalue weighted by Crippen LogP contribution is -2.03. The van der Waals surface area contributed by atoms with Crippen LogP contribution in [-0.4, -0.2) is 5.83 Å². The van der Waals surface area contributed by atoms with Crippen molar-refractivity contribution in [3.05, 3.63) is 35.9 Å². The summed E-state index contributed by atoms with van der Waals surface area (Å²) in [5.74, 6) is 2.67. The Bertz CT molecular complexity index is 224. The second-order valence-corrected chi connectivity index (χ2v) is 3.75. The molecule has 0 atom stereocenters. The van der Waals surface area contributed by atoms with Crippen LogP contribution < -0.4 is 0 Å². The molecular formula is C13H19Br. The van der Waals surface area contributed by atoms with Gasteiger partial charge in [-0.2, -0.15) is 0 Å². The third-order valence-electron chi connectivity index (χ3n) is 2.88. The van der Waals surface area contributed by atoms with Crippen LogP contribution in [0.4, 0.5) is 0 Å². The zero-order valence-electron chi connectivity index (χ0n) is 8.88. The van der Waals surface area contributed by atoms with Gasteiger partial charge in [-0.25, -0.2) is 0 Å². The summed E-state index contributed by atoms with van der Waals surface area (Å²) in [6, 6.07) is 11.0. The highest BCUT2D eigenvalue weighted by Gasteiger charge is 2.14. The van der Waals surface area contributed by atoms with Crippen molar-refractivity contribution in [1.82, 2.24) is 0 Å². The summed E-state index contributed by atoms with van der Waals surface area (Å²) < 4.78 is 0. The van der Waals surface area contributed by atoms with Crippen molar-refractivity contribution >= 4 is 15.9 Å². The van der Waals surface area contributed by atoms with E-state index in [1.165, 1.54) is 32.1 Å². The van der Waals surface area contributed by atoms with E-state index in [2.05, 4.69) is 46.3 Å². The van der Waals surface area contributed by atoms with Crippen LogP contribution in [0.2, 0.25) is 0 Å². The number of rotatable bonds is 1. The molecule has 1 aromatic rings. The molecule has 0 unspecified atom stereocenters. The van der Waals surface area contributed by atoms with E-state index in [9.17, 15) is 0 Å². The minimum absolute atomic E-state index is 0.861. The molecule has 0 amide bonds. The van der Waals surface area contributed by atoms with E-state index in [1.807, 2.05) is 5.83 Å². The SMILES string of the molecule is CBr.c1ccc(C2CCCCC2)cc1. The highest BCUT2D eigenvalue weighted by atomic mass is 79.9. The van der Waals surface area contributed by atoms with Crippen molar-refractivity contribution in [3.8, 4) is 0 Å². The Hall–Kier alpha value is -0.300. The number of benzene rings is 1. The van der Waals surface area contributed by atoms with Crippen LogP contribution in [0.3, 0.4) is 0 Å². The van der Waals surface area contributed by atoms with Gasteiger partial charge in [-0.15, -0.1) is 0 Å². The lowest BCUT2D eigenvalue weighted by atomic mass is 9.84. The molecule has 0 radical (unpaired) electrons. The summed E-state index contributed by atoms with van der Waals surface area (Å²) in [4.78, 5) is 0. The molecule has 0 nitrogen and oxygen atoms in total. The fraction of sp³-hybridized carbons (Fsp3) is 0.538. The maximum absolute atomic E-state index is 2.94. The summed E-state index contributed by atoms with van der Waals surface area (Å²) in [6.07, 6.45) is 7.12. The van der Waals surface area contributed by atoms with Gasteiger partial charge in [0, 0.05) is 0 Å². The van der Waals surface area contributed by atoms with Crippen molar-refractivity contribution in [3.63, 3.8) is 0 Å². The first kappa shape index (κ1) is 11.8. The first-order valence-electron chi connectivity index (χ1n) is 5.39. The van der Waals surface area contributed by atoms with Gasteiger partial charge < -0.3 is 0 Å². The molecule has 0 saturated heterocycles. The third kappa shape index (κ3) is 3.45. The van der Waals surface area contributed by atoms with Crippen LogP contribution in [0.25, 0.3) is 0 Å². The molecule has 1 heteroatoms. The van der Waals surface area contributed by atoms with Gasteiger partial charge >= 0.3 is 0 Å². The molecule has 1 aliphatic carbocycles. The standard InChI is InChI=1S/C12H16.CH3Br/c1-3-7-11(8-4-1)12-9-5-2-6-10-12;1-2/h1,3-4,7-8,12H,2,5-6,9-10H2;1H3. The minimum atomic E-state index is 0.861. The monoisotopic (exact) mass is 254 g/mol. The van der Waals surface area contributed by atoms with Crippen LogP contribution in [0.15, 0.2) is 30.3 Å². The Kier molecular flexibility index (Phi) is 5.93. The Balaban J connectivity index is 0.000000461. The van der Waals surface area contributed by atoms with Gasteiger partial charge in [0.25, 0.3) is 0 Å². The maximum atomic E-state index is 2.94. The van der Waals surface area contributed by atoms with Gasteiger partial charge in [0.1, 0.15) is 0 Å². The fourth-order valence-electron chi connectivity index (χ4n) is 2.16. The predicted molar refractivity (Wildman–Crippen MR) is 67.1 cm³/mol. The topological polar surface area (TPSA) is 0 Å². The maximum Gasteiger partial charge on any atom is -0.00848 e. The molecule has 1 saturated carbocycles. The molecule has 0 aliphatic heterocycles. The zero-order chi connectivity index (χ0) is 10.2. The summed E-state index contributed by atoms with van der Waals surface area (Å²) >= 11 is 2.94. The predicted octanol–water partition coefficient (Wildman–Crippen LogP) is 4.75. The van der Waals surface area contributed by atoms with E-state index in [4.69, 9.17) is 0 Å². The highest BCUT2D eigenvalue weighted by Crippen LogP contribution is 2.31. The average Bonchev–Trinajstić information content (AvgIpc) is 2.34. The van der Waals surface area contributed by atoms with E-state index < -0.39 is 0 Å². The molecule has 0 heterocycles. The van der Waals surface area contributed by atoms with E-state index in [0.29, 0.717) is 0 Å². The summed E-state index contributed by atoms with van der Waals surface area (Å²) in [7, 11) is 0. The second kappa shape index (κ2) is 7.05. The van der Waals surface area contributed by atoms with E-state index in [0.717, 1.165) is 5.92 Å². The van der Waals surface area contributed by atoms with Gasteiger partial charge in [0.15, 0.2) is 0 Å². The second-order valence-electron chi connectivity index (χ2n) is 3.75. The quantitative estimate of drug-likeness (QED) is 0.635. The molecule has 2 rings (SSSR count). The Morgan fingerprint density at radius 1 is 0.929 bits per heavy atom. The average molecular weight is 255 g/mol. The molecule has 14 heavy (non-hydrogen) atoms. The number of halogens is 1. The van der Waals surface area contributed by atoms with Crippen molar-refractivity contribution in [2.24, 2.45) is 0 Å². The lowest BCUT2D eigenvalue weighted by molar-refractivity contribution is 0.443. The van der Waals surface area contributed by atoms with Crippen LogP contribution in [-0.2, 0) is 0 Å². The van der Waals surface area contributed by atoms with Gasteiger partial charge in [-0.05, 0) is 30.2 Å². The smallest absolute Gasteiger partial charge is 0.00848 e. The van der Waals surface area contributed by atoms with Crippen molar-refractivity contribution < 1.29 is 0 Å². The normalized spacial score (nSPS) is 17.0. The molecule has 78 valence electrons. The van der Waals surface area contributed by atoms with E-state index in [1.54, 1.807) is 5.56 Å². The van der Waals surface area contributed by atoms with Crippen LogP contribution in [0.1, 0.15) is 43.6 Å². The van der Waals surface area contributed by atoms with Gasteiger partial charge in [0.05, 0.1) is 0 Å².